The van der Waals surface area contributed by atoms with Gasteiger partial charge in [0.1, 0.15) is 17.2 Å². The molecule has 0 saturated carbocycles. The van der Waals surface area contributed by atoms with Crippen LogP contribution in [0.15, 0.2) is 78.5 Å². The van der Waals surface area contributed by atoms with Crippen LogP contribution in [0.4, 0.5) is 11.4 Å². The summed E-state index contributed by atoms with van der Waals surface area (Å²) in [6, 6.07) is 22.7. The summed E-state index contributed by atoms with van der Waals surface area (Å²) in [6.07, 6.45) is 0.883. The summed E-state index contributed by atoms with van der Waals surface area (Å²) in [4.78, 5) is 28.2. The van der Waals surface area contributed by atoms with E-state index >= 15 is 0 Å². The number of carbonyl (C=O) groups is 2. The Morgan fingerprint density at radius 2 is 1.63 bits per heavy atom. The average molecular weight is 468 g/mol. The van der Waals surface area contributed by atoms with Crippen LogP contribution in [0.25, 0.3) is 5.57 Å². The molecule has 1 N–H and O–H groups in total. The molecule has 1 heterocycles. The van der Waals surface area contributed by atoms with Crippen molar-refractivity contribution >= 4 is 28.8 Å². The van der Waals surface area contributed by atoms with Gasteiger partial charge in [-0.2, -0.15) is 5.26 Å². The topological polar surface area (TPSA) is 91.7 Å². The van der Waals surface area contributed by atoms with Crippen molar-refractivity contribution in [1.82, 2.24) is 0 Å². The van der Waals surface area contributed by atoms with Crippen LogP contribution in [0.1, 0.15) is 31.4 Å². The molecule has 3 aromatic rings. The van der Waals surface area contributed by atoms with E-state index in [1.54, 1.807) is 60.7 Å². The number of hydrogen-bond acceptors (Lipinski definition) is 6. The van der Waals surface area contributed by atoms with Crippen molar-refractivity contribution in [2.24, 2.45) is 0 Å². The van der Waals surface area contributed by atoms with Gasteiger partial charge in [0, 0.05) is 11.8 Å². The van der Waals surface area contributed by atoms with Crippen LogP contribution in [0.5, 0.6) is 11.5 Å². The monoisotopic (exact) mass is 467 g/mol. The second-order valence-electron chi connectivity index (χ2n) is 7.81. The minimum Gasteiger partial charge on any atom is -0.494 e. The summed E-state index contributed by atoms with van der Waals surface area (Å²) in [5.74, 6) is 0.405. The second kappa shape index (κ2) is 10.6. The number of rotatable bonds is 9. The van der Waals surface area contributed by atoms with Gasteiger partial charge in [-0.1, -0.05) is 25.1 Å². The number of nitrogens with one attached hydrogen (secondary N) is 1. The van der Waals surface area contributed by atoms with Gasteiger partial charge >= 0.3 is 0 Å². The van der Waals surface area contributed by atoms with Crippen molar-refractivity contribution < 1.29 is 19.1 Å². The van der Waals surface area contributed by atoms with Gasteiger partial charge < -0.3 is 14.8 Å². The number of anilines is 2. The first-order chi connectivity index (χ1) is 17.0. The highest BCUT2D eigenvalue weighted by Gasteiger charge is 2.40. The Hall–Kier alpha value is -4.57. The number of imide groups is 1. The third kappa shape index (κ3) is 5.02. The summed E-state index contributed by atoms with van der Waals surface area (Å²) in [5, 5.41) is 12.2. The first kappa shape index (κ1) is 23.6. The van der Waals surface area contributed by atoms with Crippen LogP contribution in [-0.2, 0) is 9.59 Å². The van der Waals surface area contributed by atoms with E-state index in [0.29, 0.717) is 47.2 Å². The lowest BCUT2D eigenvalue weighted by Crippen LogP contribution is -2.32. The Labute approximate surface area is 204 Å². The number of carbonyl (C=O) groups excluding carboxylic acids is 2. The van der Waals surface area contributed by atoms with Gasteiger partial charge in [0.05, 0.1) is 36.1 Å². The van der Waals surface area contributed by atoms with Gasteiger partial charge in [-0.3, -0.25) is 9.59 Å². The molecule has 0 fully saturated rings. The maximum Gasteiger partial charge on any atom is 0.282 e. The first-order valence-corrected chi connectivity index (χ1v) is 11.4. The molecule has 0 radical (unpaired) electrons. The van der Waals surface area contributed by atoms with E-state index in [-0.39, 0.29) is 11.3 Å². The number of benzene rings is 3. The van der Waals surface area contributed by atoms with E-state index in [0.717, 1.165) is 11.3 Å². The zero-order chi connectivity index (χ0) is 24.8. The fourth-order valence-corrected chi connectivity index (χ4v) is 3.75. The molecular weight excluding hydrogens is 442 g/mol. The molecule has 7 nitrogen and oxygen atoms in total. The van der Waals surface area contributed by atoms with Crippen LogP contribution >= 0.6 is 0 Å². The highest BCUT2D eigenvalue weighted by Crippen LogP contribution is 2.35. The lowest BCUT2D eigenvalue weighted by molar-refractivity contribution is -0.120. The van der Waals surface area contributed by atoms with E-state index < -0.39 is 11.8 Å². The molecule has 0 spiro atoms. The van der Waals surface area contributed by atoms with E-state index in [1.807, 2.05) is 32.0 Å². The molecule has 4 rings (SSSR count). The van der Waals surface area contributed by atoms with Gasteiger partial charge in [0.2, 0.25) is 0 Å². The molecule has 0 aliphatic carbocycles. The van der Waals surface area contributed by atoms with Crippen molar-refractivity contribution in [3.63, 3.8) is 0 Å². The summed E-state index contributed by atoms with van der Waals surface area (Å²) in [6.45, 7) is 5.02. The van der Waals surface area contributed by atoms with Crippen molar-refractivity contribution in [3.8, 4) is 17.6 Å². The van der Waals surface area contributed by atoms with Gasteiger partial charge in [-0.25, -0.2) is 4.90 Å². The third-order valence-electron chi connectivity index (χ3n) is 5.37. The van der Waals surface area contributed by atoms with Gasteiger partial charge in [-0.05, 0) is 67.4 Å². The van der Waals surface area contributed by atoms with Gasteiger partial charge in [0.25, 0.3) is 11.8 Å². The third-order valence-corrected chi connectivity index (χ3v) is 5.37. The quantitative estimate of drug-likeness (QED) is 0.438. The zero-order valence-electron chi connectivity index (χ0n) is 19.6. The summed E-state index contributed by atoms with van der Waals surface area (Å²) in [7, 11) is 0. The van der Waals surface area contributed by atoms with E-state index in [4.69, 9.17) is 14.7 Å². The minimum absolute atomic E-state index is 0.162. The Bertz CT molecular complexity index is 1310. The maximum absolute atomic E-state index is 13.6. The molecular formula is C28H25N3O4. The standard InChI is InChI=1S/C28H25N3O4/c1-3-16-35-23-14-10-20(11-15-23)25-26(30-21-6-5-7-24(17-21)34-4-2)28(33)31(27(25)32)22-12-8-19(18-29)9-13-22/h5-15,17,30H,3-4,16H2,1-2H3. The predicted molar refractivity (Wildman–Crippen MR) is 134 cm³/mol. The lowest BCUT2D eigenvalue weighted by atomic mass is 10.0. The highest BCUT2D eigenvalue weighted by atomic mass is 16.5. The van der Waals surface area contributed by atoms with E-state index in [2.05, 4.69) is 5.32 Å². The smallest absolute Gasteiger partial charge is 0.282 e. The minimum atomic E-state index is -0.483. The molecule has 7 heteroatoms. The summed E-state index contributed by atoms with van der Waals surface area (Å²) in [5.41, 5.74) is 2.45. The number of amides is 2. The Morgan fingerprint density at radius 1 is 0.886 bits per heavy atom. The van der Waals surface area contributed by atoms with Crippen molar-refractivity contribution in [3.05, 3.63) is 89.6 Å². The number of nitrogens with zero attached hydrogens (tertiary/aromatic N) is 2. The summed E-state index contributed by atoms with van der Waals surface area (Å²) < 4.78 is 11.2. The molecule has 1 aliphatic heterocycles. The van der Waals surface area contributed by atoms with Crippen LogP contribution in [0, 0.1) is 11.3 Å². The SMILES string of the molecule is CCCOc1ccc(C2=C(Nc3cccc(OCC)c3)C(=O)N(c3ccc(C#N)cc3)C2=O)cc1. The van der Waals surface area contributed by atoms with Crippen LogP contribution < -0.4 is 19.7 Å². The van der Waals surface area contributed by atoms with Crippen LogP contribution in [-0.4, -0.2) is 25.0 Å². The van der Waals surface area contributed by atoms with Gasteiger partial charge in [0.15, 0.2) is 0 Å². The molecule has 35 heavy (non-hydrogen) atoms. The fourth-order valence-electron chi connectivity index (χ4n) is 3.75. The Balaban J connectivity index is 1.74. The molecule has 3 aromatic carbocycles. The normalized spacial score (nSPS) is 13.1. The van der Waals surface area contributed by atoms with E-state index in [1.165, 1.54) is 0 Å². The second-order valence-corrected chi connectivity index (χ2v) is 7.81. The number of nitriles is 1. The van der Waals surface area contributed by atoms with Crippen molar-refractivity contribution in [2.75, 3.05) is 23.4 Å². The fraction of sp³-hybridized carbons (Fsp3) is 0.179. The van der Waals surface area contributed by atoms with Crippen LogP contribution in [0.3, 0.4) is 0 Å². The average Bonchev–Trinajstić information content (AvgIpc) is 3.12. The Kier molecular flexibility index (Phi) is 7.12. The molecule has 0 atom stereocenters. The zero-order valence-corrected chi connectivity index (χ0v) is 19.6. The molecule has 0 bridgehead atoms. The van der Waals surface area contributed by atoms with Crippen LogP contribution in [0.2, 0.25) is 0 Å². The molecule has 0 unspecified atom stereocenters. The Morgan fingerprint density at radius 3 is 2.29 bits per heavy atom. The lowest BCUT2D eigenvalue weighted by Gasteiger charge is -2.15. The number of hydrogen-bond donors (Lipinski definition) is 1. The molecule has 176 valence electrons. The molecule has 2 amide bonds. The molecule has 0 aromatic heterocycles. The van der Waals surface area contributed by atoms with E-state index in [9.17, 15) is 9.59 Å². The first-order valence-electron chi connectivity index (χ1n) is 11.4. The summed E-state index contributed by atoms with van der Waals surface area (Å²) >= 11 is 0. The largest absolute Gasteiger partial charge is 0.494 e. The van der Waals surface area contributed by atoms with Crippen molar-refractivity contribution in [2.45, 2.75) is 20.3 Å². The highest BCUT2D eigenvalue weighted by molar-refractivity contribution is 6.46. The van der Waals surface area contributed by atoms with Gasteiger partial charge in [-0.15, -0.1) is 0 Å². The maximum atomic E-state index is 13.6. The number of ether oxygens (including phenoxy) is 2. The van der Waals surface area contributed by atoms with Crippen molar-refractivity contribution in [1.29, 1.82) is 5.26 Å². The molecule has 1 aliphatic rings. The predicted octanol–water partition coefficient (Wildman–Crippen LogP) is 5.14. The molecule has 0 saturated heterocycles.